The van der Waals surface area contributed by atoms with Crippen LogP contribution in [-0.4, -0.2) is 9.97 Å². The van der Waals surface area contributed by atoms with Crippen molar-refractivity contribution in [2.45, 2.75) is 32.1 Å². The van der Waals surface area contributed by atoms with E-state index in [0.717, 1.165) is 36.9 Å². The van der Waals surface area contributed by atoms with Gasteiger partial charge in [0, 0.05) is 5.56 Å². The van der Waals surface area contributed by atoms with Gasteiger partial charge < -0.3 is 4.98 Å². The third kappa shape index (κ3) is 1.26. The van der Waals surface area contributed by atoms with Gasteiger partial charge in [-0.2, -0.15) is 0 Å². The molecule has 1 aliphatic rings. The Morgan fingerprint density at radius 2 is 2.08 bits per heavy atom. The van der Waals surface area contributed by atoms with Crippen molar-refractivity contribution in [3.8, 4) is 0 Å². The maximum atomic E-state index is 11.3. The monoisotopic (exact) mass is 163 g/mol. The first-order valence-electron chi connectivity index (χ1n) is 4.36. The van der Waals surface area contributed by atoms with Gasteiger partial charge in [0.25, 0.3) is 5.56 Å². The molecule has 63 valence electrons. The van der Waals surface area contributed by atoms with Crippen LogP contribution >= 0.6 is 0 Å². The quantitative estimate of drug-likeness (QED) is 0.576. The van der Waals surface area contributed by atoms with Crippen LogP contribution in [0.4, 0.5) is 0 Å². The molecule has 3 nitrogen and oxygen atoms in total. The van der Waals surface area contributed by atoms with Crippen LogP contribution in [0.3, 0.4) is 0 Å². The fourth-order valence-corrected chi connectivity index (χ4v) is 1.66. The van der Waals surface area contributed by atoms with Gasteiger partial charge in [-0.1, -0.05) is 6.42 Å². The van der Waals surface area contributed by atoms with E-state index in [0.29, 0.717) is 0 Å². The molecule has 0 unspecified atom stereocenters. The zero-order chi connectivity index (χ0) is 8.39. The molecule has 2 rings (SSSR count). The highest BCUT2D eigenvalue weighted by molar-refractivity contribution is 5.17. The molecule has 0 fully saturated rings. The van der Waals surface area contributed by atoms with Gasteiger partial charge in [0.05, 0.1) is 5.69 Å². The van der Waals surface area contributed by atoms with Crippen LogP contribution in [0.15, 0.2) is 4.79 Å². The molecule has 1 aromatic rings. The Morgan fingerprint density at radius 3 is 3.00 bits per heavy atom. The minimum atomic E-state index is 0.00176. The van der Waals surface area contributed by atoms with Gasteiger partial charge in [-0.05, 0) is 25.7 Å². The van der Waals surface area contributed by atoms with Gasteiger partial charge in [0.2, 0.25) is 0 Å². The molecule has 0 saturated heterocycles. The van der Waals surface area contributed by atoms with Crippen molar-refractivity contribution in [3.05, 3.63) is 27.9 Å². The molecule has 0 amide bonds. The van der Waals surface area contributed by atoms with Crippen LogP contribution in [0.2, 0.25) is 0 Å². The third-order valence-corrected chi connectivity index (χ3v) is 2.32. The lowest BCUT2D eigenvalue weighted by Crippen LogP contribution is -2.15. The molecule has 3 heteroatoms. The molecule has 0 aliphatic heterocycles. The van der Waals surface area contributed by atoms with E-state index in [-0.39, 0.29) is 5.56 Å². The predicted molar refractivity (Wildman–Crippen MR) is 45.0 cm³/mol. The van der Waals surface area contributed by atoms with Crippen molar-refractivity contribution in [3.63, 3.8) is 0 Å². The van der Waals surface area contributed by atoms with Gasteiger partial charge in [-0.3, -0.25) is 4.79 Å². The fourth-order valence-electron chi connectivity index (χ4n) is 1.66. The Morgan fingerprint density at radius 1 is 1.25 bits per heavy atom. The van der Waals surface area contributed by atoms with Crippen LogP contribution in [0.5, 0.6) is 0 Å². The molecular weight excluding hydrogens is 152 g/mol. The molecule has 0 saturated carbocycles. The molecule has 1 aliphatic carbocycles. The van der Waals surface area contributed by atoms with Crippen molar-refractivity contribution in [2.75, 3.05) is 0 Å². The topological polar surface area (TPSA) is 45.8 Å². The summed E-state index contributed by atoms with van der Waals surface area (Å²) in [5.74, 6) is 0. The number of nitrogens with one attached hydrogen (secondary N) is 1. The standard InChI is InChI=1S/C9H11N2O/c12-9-7-4-2-1-3-5-8(7)10-6-11-9/h1-5H2,(H,10,11,12). The largest absolute Gasteiger partial charge is 0.304 e. The summed E-state index contributed by atoms with van der Waals surface area (Å²) in [6, 6.07) is 0. The average Bonchev–Trinajstić information content (AvgIpc) is 2.30. The second-order valence-electron chi connectivity index (χ2n) is 3.16. The number of H-pyrrole nitrogens is 1. The van der Waals surface area contributed by atoms with Crippen molar-refractivity contribution < 1.29 is 0 Å². The molecule has 0 atom stereocenters. The van der Waals surface area contributed by atoms with Crippen LogP contribution in [0, 0.1) is 6.33 Å². The molecule has 0 spiro atoms. The number of nitrogens with zero attached hydrogens (tertiary/aromatic N) is 1. The predicted octanol–water partition coefficient (Wildman–Crippen LogP) is 0.839. The van der Waals surface area contributed by atoms with Gasteiger partial charge in [0.15, 0.2) is 6.33 Å². The number of aryl methyl sites for hydroxylation is 1. The number of hydrogen-bond acceptors (Lipinski definition) is 2. The Bertz CT molecular complexity index is 330. The van der Waals surface area contributed by atoms with Crippen molar-refractivity contribution in [2.24, 2.45) is 0 Å². The summed E-state index contributed by atoms with van der Waals surface area (Å²) in [6.07, 6.45) is 7.82. The smallest absolute Gasteiger partial charge is 0.254 e. The minimum absolute atomic E-state index is 0.00176. The van der Waals surface area contributed by atoms with E-state index in [1.807, 2.05) is 0 Å². The highest BCUT2D eigenvalue weighted by atomic mass is 16.1. The SMILES string of the molecule is O=c1[nH][c]nc2c1CCCCC2. The number of aromatic nitrogens is 2. The van der Waals surface area contributed by atoms with E-state index < -0.39 is 0 Å². The van der Waals surface area contributed by atoms with E-state index >= 15 is 0 Å². The van der Waals surface area contributed by atoms with E-state index in [2.05, 4.69) is 16.3 Å². The van der Waals surface area contributed by atoms with Crippen LogP contribution in [0.1, 0.15) is 30.5 Å². The number of fused-ring (bicyclic) bond motifs is 1. The summed E-state index contributed by atoms with van der Waals surface area (Å²) in [5, 5.41) is 0. The van der Waals surface area contributed by atoms with Crippen LogP contribution in [-0.2, 0) is 12.8 Å². The number of aromatic amines is 1. The number of rotatable bonds is 0. The summed E-state index contributed by atoms with van der Waals surface area (Å²) in [7, 11) is 0. The molecule has 1 radical (unpaired) electrons. The first-order valence-corrected chi connectivity index (χ1v) is 4.36. The van der Waals surface area contributed by atoms with E-state index in [9.17, 15) is 4.79 Å². The van der Waals surface area contributed by atoms with Crippen LogP contribution < -0.4 is 5.56 Å². The first kappa shape index (κ1) is 7.53. The highest BCUT2D eigenvalue weighted by Crippen LogP contribution is 2.14. The highest BCUT2D eigenvalue weighted by Gasteiger charge is 2.11. The fraction of sp³-hybridized carbons (Fsp3) is 0.556. The second kappa shape index (κ2) is 3.09. The van der Waals surface area contributed by atoms with Gasteiger partial charge >= 0.3 is 0 Å². The summed E-state index contributed by atoms with van der Waals surface area (Å²) >= 11 is 0. The summed E-state index contributed by atoms with van der Waals surface area (Å²) in [4.78, 5) is 17.8. The molecule has 0 bridgehead atoms. The van der Waals surface area contributed by atoms with E-state index in [1.165, 1.54) is 6.42 Å². The second-order valence-corrected chi connectivity index (χ2v) is 3.16. The zero-order valence-corrected chi connectivity index (χ0v) is 6.89. The van der Waals surface area contributed by atoms with Gasteiger partial charge in [0.1, 0.15) is 0 Å². The van der Waals surface area contributed by atoms with Gasteiger partial charge in [-0.15, -0.1) is 0 Å². The van der Waals surface area contributed by atoms with E-state index in [1.54, 1.807) is 0 Å². The number of hydrogen-bond donors (Lipinski definition) is 1. The lowest BCUT2D eigenvalue weighted by atomic mass is 10.1. The van der Waals surface area contributed by atoms with Crippen LogP contribution in [0.25, 0.3) is 0 Å². The van der Waals surface area contributed by atoms with E-state index in [4.69, 9.17) is 0 Å². The first-order chi connectivity index (χ1) is 5.88. The van der Waals surface area contributed by atoms with Crippen molar-refractivity contribution in [1.29, 1.82) is 0 Å². The average molecular weight is 163 g/mol. The molecule has 1 N–H and O–H groups in total. The molecular formula is C9H11N2O. The van der Waals surface area contributed by atoms with Crippen molar-refractivity contribution >= 4 is 0 Å². The Balaban J connectivity index is 2.49. The molecule has 0 aromatic carbocycles. The molecule has 1 heterocycles. The lowest BCUT2D eigenvalue weighted by Gasteiger charge is -1.99. The normalized spacial score (nSPS) is 16.7. The molecule has 1 aromatic heterocycles. The Kier molecular flexibility index (Phi) is 1.94. The maximum absolute atomic E-state index is 11.3. The zero-order valence-electron chi connectivity index (χ0n) is 6.89. The summed E-state index contributed by atoms with van der Waals surface area (Å²) < 4.78 is 0. The van der Waals surface area contributed by atoms with Gasteiger partial charge in [-0.25, -0.2) is 4.98 Å². The Labute approximate surface area is 70.9 Å². The third-order valence-electron chi connectivity index (χ3n) is 2.32. The summed E-state index contributed by atoms with van der Waals surface area (Å²) in [6.45, 7) is 0. The molecule has 12 heavy (non-hydrogen) atoms. The summed E-state index contributed by atoms with van der Waals surface area (Å²) in [5.41, 5.74) is 1.84. The maximum Gasteiger partial charge on any atom is 0.254 e. The Hall–Kier alpha value is -1.12. The lowest BCUT2D eigenvalue weighted by molar-refractivity contribution is 0.708. The minimum Gasteiger partial charge on any atom is -0.304 e. The van der Waals surface area contributed by atoms with Crippen molar-refractivity contribution in [1.82, 2.24) is 9.97 Å².